The predicted molar refractivity (Wildman–Crippen MR) is 80.1 cm³/mol. The van der Waals surface area contributed by atoms with E-state index in [-0.39, 0.29) is 4.90 Å². The third-order valence-electron chi connectivity index (χ3n) is 3.47. The lowest BCUT2D eigenvalue weighted by molar-refractivity contribution is 0.401. The zero-order valence-corrected chi connectivity index (χ0v) is 13.2. The maximum Gasteiger partial charge on any atom is 0.244 e. The van der Waals surface area contributed by atoms with Gasteiger partial charge in [-0.3, -0.25) is 0 Å². The van der Waals surface area contributed by atoms with Gasteiger partial charge in [-0.25, -0.2) is 13.1 Å². The molecule has 20 heavy (non-hydrogen) atoms. The van der Waals surface area contributed by atoms with Gasteiger partial charge >= 0.3 is 0 Å². The van der Waals surface area contributed by atoms with Crippen LogP contribution in [0.5, 0.6) is 5.75 Å². The van der Waals surface area contributed by atoms with Crippen LogP contribution in [0.15, 0.2) is 23.1 Å². The molecule has 0 amide bonds. The molecule has 0 atom stereocenters. The van der Waals surface area contributed by atoms with Crippen LogP contribution in [-0.2, 0) is 16.6 Å². The highest BCUT2D eigenvalue weighted by atomic mass is 32.2. The number of sulfonamides is 1. The molecule has 1 aromatic carbocycles. The SMILES string of the molecule is CCC(CC)CNS(=O)(=O)c1ccc(CN)cc1OC. The summed E-state index contributed by atoms with van der Waals surface area (Å²) in [6.07, 6.45) is 1.89. The van der Waals surface area contributed by atoms with E-state index in [1.807, 2.05) is 0 Å². The van der Waals surface area contributed by atoms with E-state index in [4.69, 9.17) is 10.5 Å². The van der Waals surface area contributed by atoms with Crippen LogP contribution in [0.2, 0.25) is 0 Å². The molecule has 0 saturated carbocycles. The van der Waals surface area contributed by atoms with E-state index < -0.39 is 10.0 Å². The average Bonchev–Trinajstić information content (AvgIpc) is 2.47. The molecule has 0 radical (unpaired) electrons. The quantitative estimate of drug-likeness (QED) is 0.768. The molecule has 0 aliphatic heterocycles. The van der Waals surface area contributed by atoms with Crippen LogP contribution in [-0.4, -0.2) is 22.1 Å². The molecule has 0 aliphatic rings. The lowest BCUT2D eigenvalue weighted by Gasteiger charge is -2.15. The maximum absolute atomic E-state index is 12.3. The van der Waals surface area contributed by atoms with Crippen molar-refractivity contribution in [3.63, 3.8) is 0 Å². The Morgan fingerprint density at radius 3 is 2.45 bits per heavy atom. The van der Waals surface area contributed by atoms with Gasteiger partial charge in [-0.05, 0) is 23.6 Å². The van der Waals surface area contributed by atoms with Crippen molar-refractivity contribution in [2.24, 2.45) is 11.7 Å². The van der Waals surface area contributed by atoms with Crippen molar-refractivity contribution in [3.8, 4) is 5.75 Å². The van der Waals surface area contributed by atoms with Crippen LogP contribution >= 0.6 is 0 Å². The zero-order valence-electron chi connectivity index (χ0n) is 12.3. The highest BCUT2D eigenvalue weighted by molar-refractivity contribution is 7.89. The lowest BCUT2D eigenvalue weighted by Crippen LogP contribution is -2.29. The van der Waals surface area contributed by atoms with Crippen molar-refractivity contribution in [3.05, 3.63) is 23.8 Å². The summed E-state index contributed by atoms with van der Waals surface area (Å²) < 4.78 is 32.5. The van der Waals surface area contributed by atoms with Crippen LogP contribution in [0.4, 0.5) is 0 Å². The first-order chi connectivity index (χ1) is 9.48. The number of ether oxygens (including phenoxy) is 1. The van der Waals surface area contributed by atoms with Gasteiger partial charge in [-0.1, -0.05) is 32.8 Å². The first kappa shape index (κ1) is 16.9. The molecule has 0 fully saturated rings. The molecule has 6 heteroatoms. The van der Waals surface area contributed by atoms with E-state index in [1.54, 1.807) is 12.1 Å². The summed E-state index contributed by atoms with van der Waals surface area (Å²) >= 11 is 0. The fourth-order valence-electron chi connectivity index (χ4n) is 1.94. The first-order valence-corrected chi connectivity index (χ1v) is 8.33. The fourth-order valence-corrected chi connectivity index (χ4v) is 3.21. The van der Waals surface area contributed by atoms with Gasteiger partial charge in [0.05, 0.1) is 7.11 Å². The summed E-state index contributed by atoms with van der Waals surface area (Å²) in [6.45, 7) is 4.90. The summed E-state index contributed by atoms with van der Waals surface area (Å²) in [5, 5.41) is 0. The van der Waals surface area contributed by atoms with Gasteiger partial charge in [0.1, 0.15) is 10.6 Å². The van der Waals surface area contributed by atoms with E-state index >= 15 is 0 Å². The average molecular weight is 300 g/mol. The molecular formula is C14H24N2O3S. The van der Waals surface area contributed by atoms with Gasteiger partial charge in [0.25, 0.3) is 0 Å². The van der Waals surface area contributed by atoms with Gasteiger partial charge in [0.15, 0.2) is 0 Å². The molecule has 0 spiro atoms. The normalized spacial score (nSPS) is 11.8. The van der Waals surface area contributed by atoms with Crippen molar-refractivity contribution in [1.82, 2.24) is 4.72 Å². The van der Waals surface area contributed by atoms with Crippen molar-refractivity contribution in [2.45, 2.75) is 38.1 Å². The standard InChI is InChI=1S/C14H24N2O3S/c1-4-11(5-2)10-16-20(17,18)14-7-6-12(9-15)8-13(14)19-3/h6-8,11,16H,4-5,9-10,15H2,1-3H3. The van der Waals surface area contributed by atoms with Gasteiger partial charge in [0.2, 0.25) is 10.0 Å². The number of hydrogen-bond acceptors (Lipinski definition) is 4. The van der Waals surface area contributed by atoms with E-state index in [0.717, 1.165) is 18.4 Å². The van der Waals surface area contributed by atoms with Crippen molar-refractivity contribution in [2.75, 3.05) is 13.7 Å². The monoisotopic (exact) mass is 300 g/mol. The predicted octanol–water partition coefficient (Wildman–Crippen LogP) is 1.87. The van der Waals surface area contributed by atoms with Crippen molar-refractivity contribution in [1.29, 1.82) is 0 Å². The van der Waals surface area contributed by atoms with E-state index in [9.17, 15) is 8.42 Å². The van der Waals surface area contributed by atoms with Gasteiger partial charge < -0.3 is 10.5 Å². The smallest absolute Gasteiger partial charge is 0.244 e. The molecule has 1 aromatic rings. The van der Waals surface area contributed by atoms with Gasteiger partial charge in [-0.15, -0.1) is 0 Å². The van der Waals surface area contributed by atoms with Crippen LogP contribution < -0.4 is 15.2 Å². The van der Waals surface area contributed by atoms with E-state index in [1.165, 1.54) is 13.2 Å². The van der Waals surface area contributed by atoms with Crippen LogP contribution in [0.3, 0.4) is 0 Å². The van der Waals surface area contributed by atoms with Gasteiger partial charge in [-0.2, -0.15) is 0 Å². The summed E-state index contributed by atoms with van der Waals surface area (Å²) in [6, 6.07) is 4.90. The number of rotatable bonds is 8. The third kappa shape index (κ3) is 4.19. The minimum absolute atomic E-state index is 0.156. The first-order valence-electron chi connectivity index (χ1n) is 6.85. The van der Waals surface area contributed by atoms with E-state index in [0.29, 0.717) is 24.8 Å². The Hall–Kier alpha value is -1.11. The second-order valence-corrected chi connectivity index (χ2v) is 6.46. The minimum atomic E-state index is -3.56. The Morgan fingerprint density at radius 2 is 1.95 bits per heavy atom. The Morgan fingerprint density at radius 1 is 1.30 bits per heavy atom. The van der Waals surface area contributed by atoms with E-state index in [2.05, 4.69) is 18.6 Å². The van der Waals surface area contributed by atoms with Crippen LogP contribution in [0, 0.1) is 5.92 Å². The highest BCUT2D eigenvalue weighted by Gasteiger charge is 2.20. The molecule has 0 unspecified atom stereocenters. The zero-order chi connectivity index (χ0) is 15.2. The Labute approximate surface area is 121 Å². The lowest BCUT2D eigenvalue weighted by atomic mass is 10.0. The molecule has 0 aromatic heterocycles. The molecule has 0 aliphatic carbocycles. The topological polar surface area (TPSA) is 81.4 Å². The Bertz CT molecular complexity index is 525. The Kier molecular flexibility index (Phi) is 6.45. The number of nitrogens with two attached hydrogens (primary N) is 1. The number of benzene rings is 1. The second-order valence-electron chi connectivity index (χ2n) is 4.72. The van der Waals surface area contributed by atoms with Crippen molar-refractivity contribution < 1.29 is 13.2 Å². The summed E-state index contributed by atoms with van der Waals surface area (Å²) in [5.74, 6) is 0.670. The highest BCUT2D eigenvalue weighted by Crippen LogP contribution is 2.25. The molecule has 0 saturated heterocycles. The number of hydrogen-bond donors (Lipinski definition) is 2. The second kappa shape index (κ2) is 7.61. The number of nitrogens with one attached hydrogen (secondary N) is 1. The molecular weight excluding hydrogens is 276 g/mol. The maximum atomic E-state index is 12.3. The third-order valence-corrected chi connectivity index (χ3v) is 4.93. The minimum Gasteiger partial charge on any atom is -0.495 e. The molecule has 0 heterocycles. The Balaban J connectivity index is 2.97. The molecule has 5 nitrogen and oxygen atoms in total. The molecule has 1 rings (SSSR count). The summed E-state index contributed by atoms with van der Waals surface area (Å²) in [4.78, 5) is 0.156. The fraction of sp³-hybridized carbons (Fsp3) is 0.571. The molecule has 3 N–H and O–H groups in total. The summed E-state index contributed by atoms with van der Waals surface area (Å²) in [7, 11) is -2.11. The molecule has 0 bridgehead atoms. The van der Waals surface area contributed by atoms with Crippen molar-refractivity contribution >= 4 is 10.0 Å². The van der Waals surface area contributed by atoms with Crippen LogP contribution in [0.1, 0.15) is 32.3 Å². The largest absolute Gasteiger partial charge is 0.495 e. The van der Waals surface area contributed by atoms with Gasteiger partial charge in [0, 0.05) is 13.1 Å². The molecule has 114 valence electrons. The van der Waals surface area contributed by atoms with Crippen LogP contribution in [0.25, 0.3) is 0 Å². The summed E-state index contributed by atoms with van der Waals surface area (Å²) in [5.41, 5.74) is 6.38. The number of methoxy groups -OCH3 is 1.